The van der Waals surface area contributed by atoms with Crippen LogP contribution in [0.4, 0.5) is 11.5 Å². The molecule has 0 bridgehead atoms. The van der Waals surface area contributed by atoms with Crippen LogP contribution in [0.15, 0.2) is 36.8 Å². The number of aromatic amines is 1. The van der Waals surface area contributed by atoms with E-state index < -0.39 is 0 Å². The van der Waals surface area contributed by atoms with Crippen molar-refractivity contribution in [2.75, 3.05) is 23.3 Å². The van der Waals surface area contributed by atoms with Gasteiger partial charge in [0.05, 0.1) is 11.7 Å². The second-order valence-corrected chi connectivity index (χ2v) is 5.94. The molecule has 1 amide bonds. The summed E-state index contributed by atoms with van der Waals surface area (Å²) in [5.74, 6) is 0.577. The third-order valence-electron chi connectivity index (χ3n) is 4.27. The zero-order valence-corrected chi connectivity index (χ0v) is 13.2. The Bertz CT molecular complexity index is 868. The molecule has 1 aliphatic rings. The van der Waals surface area contributed by atoms with Gasteiger partial charge in [0.1, 0.15) is 17.8 Å². The molecule has 1 aliphatic heterocycles. The van der Waals surface area contributed by atoms with Gasteiger partial charge >= 0.3 is 0 Å². The number of anilines is 2. The largest absolute Gasteiger partial charge is 0.357 e. The summed E-state index contributed by atoms with van der Waals surface area (Å²) >= 11 is 0. The summed E-state index contributed by atoms with van der Waals surface area (Å²) in [7, 11) is 0. The number of carbonyl (C=O) groups is 1. The number of amides is 1. The maximum Gasteiger partial charge on any atom is 0.274 e. The SMILES string of the molecule is O=C(Nc1ccc2cn[nH]c2c1)c1cc(N2CCCCC2)ncn1. The fourth-order valence-electron chi connectivity index (χ4n) is 2.98. The van der Waals surface area contributed by atoms with Crippen molar-refractivity contribution in [2.24, 2.45) is 0 Å². The molecular formula is C17H18N6O. The molecule has 2 aromatic heterocycles. The lowest BCUT2D eigenvalue weighted by atomic mass is 10.1. The highest BCUT2D eigenvalue weighted by Crippen LogP contribution is 2.19. The average Bonchev–Trinajstić information content (AvgIpc) is 3.10. The van der Waals surface area contributed by atoms with E-state index in [0.29, 0.717) is 11.4 Å². The number of hydrogen-bond acceptors (Lipinski definition) is 5. The van der Waals surface area contributed by atoms with Gasteiger partial charge in [0.2, 0.25) is 0 Å². The molecule has 3 aromatic rings. The van der Waals surface area contributed by atoms with Gasteiger partial charge in [0.15, 0.2) is 0 Å². The number of benzene rings is 1. The Morgan fingerprint density at radius 1 is 1.12 bits per heavy atom. The van der Waals surface area contributed by atoms with Gasteiger partial charge in [0, 0.05) is 30.2 Å². The number of H-pyrrole nitrogens is 1. The van der Waals surface area contributed by atoms with Crippen molar-refractivity contribution < 1.29 is 4.79 Å². The molecular weight excluding hydrogens is 304 g/mol. The predicted octanol–water partition coefficient (Wildman–Crippen LogP) is 2.60. The second kappa shape index (κ2) is 6.27. The minimum Gasteiger partial charge on any atom is -0.357 e. The molecule has 1 saturated heterocycles. The minimum absolute atomic E-state index is 0.241. The smallest absolute Gasteiger partial charge is 0.274 e. The molecule has 0 unspecified atom stereocenters. The number of fused-ring (bicyclic) bond motifs is 1. The molecule has 3 heterocycles. The lowest BCUT2D eigenvalue weighted by Crippen LogP contribution is -2.30. The molecule has 0 saturated carbocycles. The second-order valence-electron chi connectivity index (χ2n) is 5.94. The Morgan fingerprint density at radius 3 is 2.88 bits per heavy atom. The number of nitrogens with zero attached hydrogens (tertiary/aromatic N) is 4. The van der Waals surface area contributed by atoms with Crippen LogP contribution < -0.4 is 10.2 Å². The lowest BCUT2D eigenvalue weighted by Gasteiger charge is -2.27. The average molecular weight is 322 g/mol. The summed E-state index contributed by atoms with van der Waals surface area (Å²) in [6.45, 7) is 1.96. The lowest BCUT2D eigenvalue weighted by molar-refractivity contribution is 0.102. The summed E-state index contributed by atoms with van der Waals surface area (Å²) < 4.78 is 0. The first-order chi connectivity index (χ1) is 11.8. The molecule has 1 aromatic carbocycles. The van der Waals surface area contributed by atoms with Crippen molar-refractivity contribution in [2.45, 2.75) is 19.3 Å². The quantitative estimate of drug-likeness (QED) is 0.774. The first-order valence-corrected chi connectivity index (χ1v) is 8.11. The Kier molecular flexibility index (Phi) is 3.82. The number of nitrogens with one attached hydrogen (secondary N) is 2. The zero-order valence-electron chi connectivity index (χ0n) is 13.2. The van der Waals surface area contributed by atoms with Crippen molar-refractivity contribution in [3.63, 3.8) is 0 Å². The Balaban J connectivity index is 1.53. The van der Waals surface area contributed by atoms with Gasteiger partial charge in [-0.2, -0.15) is 5.10 Å². The molecule has 0 atom stereocenters. The summed E-state index contributed by atoms with van der Waals surface area (Å²) in [5.41, 5.74) is 1.95. The topological polar surface area (TPSA) is 86.8 Å². The van der Waals surface area contributed by atoms with Crippen molar-refractivity contribution in [1.29, 1.82) is 0 Å². The highest BCUT2D eigenvalue weighted by molar-refractivity contribution is 6.04. The number of rotatable bonds is 3. The van der Waals surface area contributed by atoms with E-state index in [1.54, 1.807) is 12.3 Å². The Hall–Kier alpha value is -2.96. The van der Waals surface area contributed by atoms with E-state index in [1.807, 2.05) is 18.2 Å². The maximum atomic E-state index is 12.5. The Morgan fingerprint density at radius 2 is 2.00 bits per heavy atom. The molecule has 0 spiro atoms. The maximum absolute atomic E-state index is 12.5. The van der Waals surface area contributed by atoms with E-state index in [4.69, 9.17) is 0 Å². The van der Waals surface area contributed by atoms with Crippen molar-refractivity contribution in [1.82, 2.24) is 20.2 Å². The molecule has 24 heavy (non-hydrogen) atoms. The van der Waals surface area contributed by atoms with E-state index in [9.17, 15) is 4.79 Å². The first kappa shape index (κ1) is 14.6. The summed E-state index contributed by atoms with van der Waals surface area (Å²) in [6, 6.07) is 7.37. The van der Waals surface area contributed by atoms with Crippen LogP contribution in [0.3, 0.4) is 0 Å². The predicted molar refractivity (Wildman–Crippen MR) is 92.1 cm³/mol. The standard InChI is InChI=1S/C17H18N6O/c24-17(21-13-5-4-12-10-20-22-14(12)8-13)15-9-16(19-11-18-15)23-6-2-1-3-7-23/h4-5,8-11H,1-3,6-7H2,(H,20,22)(H,21,24). The van der Waals surface area contributed by atoms with Gasteiger partial charge in [0.25, 0.3) is 5.91 Å². The van der Waals surface area contributed by atoms with Crippen molar-refractivity contribution in [3.8, 4) is 0 Å². The van der Waals surface area contributed by atoms with E-state index in [2.05, 4.69) is 30.4 Å². The summed E-state index contributed by atoms with van der Waals surface area (Å²) in [6.07, 6.45) is 6.78. The molecule has 7 heteroatoms. The van der Waals surface area contributed by atoms with Crippen molar-refractivity contribution in [3.05, 3.63) is 42.5 Å². The molecule has 2 N–H and O–H groups in total. The molecule has 1 fully saturated rings. The van der Waals surface area contributed by atoms with Gasteiger partial charge in [-0.3, -0.25) is 9.89 Å². The molecule has 122 valence electrons. The molecule has 7 nitrogen and oxygen atoms in total. The third-order valence-corrected chi connectivity index (χ3v) is 4.27. The van der Waals surface area contributed by atoms with Crippen molar-refractivity contribution >= 4 is 28.3 Å². The highest BCUT2D eigenvalue weighted by atomic mass is 16.1. The van der Waals surface area contributed by atoms with Crippen LogP contribution in [0.2, 0.25) is 0 Å². The monoisotopic (exact) mass is 322 g/mol. The number of carbonyl (C=O) groups excluding carboxylic acids is 1. The van der Waals surface area contributed by atoms with Gasteiger partial charge in [-0.15, -0.1) is 0 Å². The molecule has 0 radical (unpaired) electrons. The van der Waals surface area contributed by atoms with Crippen LogP contribution in [-0.2, 0) is 0 Å². The van der Waals surface area contributed by atoms with Gasteiger partial charge in [-0.1, -0.05) is 0 Å². The number of aromatic nitrogens is 4. The fourth-order valence-corrected chi connectivity index (χ4v) is 2.98. The van der Waals surface area contributed by atoms with E-state index in [1.165, 1.54) is 12.7 Å². The minimum atomic E-state index is -0.241. The van der Waals surface area contributed by atoms with Crippen LogP contribution in [0, 0.1) is 0 Å². The van der Waals surface area contributed by atoms with Crippen LogP contribution in [0.25, 0.3) is 10.9 Å². The van der Waals surface area contributed by atoms with E-state index >= 15 is 0 Å². The van der Waals surface area contributed by atoms with Crippen LogP contribution in [0.5, 0.6) is 0 Å². The number of hydrogen-bond donors (Lipinski definition) is 2. The zero-order chi connectivity index (χ0) is 16.4. The van der Waals surface area contributed by atoms with E-state index in [0.717, 1.165) is 42.7 Å². The number of piperidine rings is 1. The van der Waals surface area contributed by atoms with Crippen LogP contribution in [0.1, 0.15) is 29.8 Å². The third kappa shape index (κ3) is 2.92. The molecule has 0 aliphatic carbocycles. The normalized spacial score (nSPS) is 14.8. The van der Waals surface area contributed by atoms with Gasteiger partial charge < -0.3 is 10.2 Å². The van der Waals surface area contributed by atoms with E-state index in [-0.39, 0.29) is 5.91 Å². The van der Waals surface area contributed by atoms with Gasteiger partial charge in [-0.25, -0.2) is 9.97 Å². The van der Waals surface area contributed by atoms with Gasteiger partial charge in [-0.05, 0) is 37.5 Å². The van der Waals surface area contributed by atoms with Crippen LogP contribution >= 0.6 is 0 Å². The van der Waals surface area contributed by atoms with Crippen LogP contribution in [-0.4, -0.2) is 39.2 Å². The fraction of sp³-hybridized carbons (Fsp3) is 0.294. The Labute approximate surface area is 139 Å². The summed E-state index contributed by atoms with van der Waals surface area (Å²) in [5, 5.41) is 10.7. The molecule has 4 rings (SSSR count). The first-order valence-electron chi connectivity index (χ1n) is 8.11. The highest BCUT2D eigenvalue weighted by Gasteiger charge is 2.15. The summed E-state index contributed by atoms with van der Waals surface area (Å²) in [4.78, 5) is 23.1.